The van der Waals surface area contributed by atoms with Crippen molar-refractivity contribution in [1.29, 1.82) is 0 Å². The first kappa shape index (κ1) is 20.6. The number of aryl methyl sites for hydroxylation is 2. The second-order valence-corrected chi connectivity index (χ2v) is 8.56. The van der Waals surface area contributed by atoms with Crippen LogP contribution in [-0.2, 0) is 0 Å². The Labute approximate surface area is 184 Å². The Hall–Kier alpha value is -2.66. The summed E-state index contributed by atoms with van der Waals surface area (Å²) in [5, 5.41) is 4.39. The summed E-state index contributed by atoms with van der Waals surface area (Å²) in [6, 6.07) is 17.3. The fraction of sp³-hybridized carbons (Fsp3) is 0.360. The molecule has 3 aromatic rings. The third-order valence-electron chi connectivity index (χ3n) is 6.03. The molecule has 156 valence electrons. The van der Waals surface area contributed by atoms with Crippen molar-refractivity contribution in [2.45, 2.75) is 52.6 Å². The van der Waals surface area contributed by atoms with Crippen molar-refractivity contribution >= 4 is 17.3 Å². The van der Waals surface area contributed by atoms with Crippen LogP contribution in [-0.4, -0.2) is 26.1 Å². The molecule has 1 saturated heterocycles. The van der Waals surface area contributed by atoms with Crippen LogP contribution in [0.3, 0.4) is 0 Å². The van der Waals surface area contributed by atoms with Crippen molar-refractivity contribution in [3.05, 3.63) is 82.9 Å². The topological polar surface area (TPSA) is 33.1 Å². The highest BCUT2D eigenvalue weighted by Gasteiger charge is 2.41. The second kappa shape index (κ2) is 8.60. The number of hydrogen-bond donors (Lipinski definition) is 1. The molecule has 30 heavy (non-hydrogen) atoms. The first-order valence-electron chi connectivity index (χ1n) is 10.7. The minimum Gasteiger partial charge on any atom is -0.352 e. The maximum absolute atomic E-state index is 5.78. The number of nitrogens with one attached hydrogen (secondary N) is 1. The Bertz CT molecular complexity index is 1020. The minimum atomic E-state index is 0.0440. The molecule has 0 spiro atoms. The molecule has 0 radical (unpaired) electrons. The highest BCUT2D eigenvalue weighted by atomic mass is 32.1. The van der Waals surface area contributed by atoms with Crippen LogP contribution in [0.15, 0.2) is 54.7 Å². The standard InChI is InChI=1S/C25H30N4S/c1-5-6-15-28-24(23(27-25(28)30)22-9-7-8-14-26-22)21-16-18(3)29(19(21)4)20-12-10-17(2)11-13-20/h7-14,16,23-24H,5-6,15H2,1-4H3,(H,27,30)/t23-,24+/m0/s1. The maximum atomic E-state index is 5.78. The molecule has 0 unspecified atom stereocenters. The number of thiocarbonyl (C=S) groups is 1. The van der Waals surface area contributed by atoms with E-state index in [1.165, 1.54) is 28.2 Å². The van der Waals surface area contributed by atoms with E-state index in [9.17, 15) is 0 Å². The summed E-state index contributed by atoms with van der Waals surface area (Å²) in [5.74, 6) is 0. The van der Waals surface area contributed by atoms with Crippen molar-refractivity contribution in [1.82, 2.24) is 19.8 Å². The van der Waals surface area contributed by atoms with Crippen LogP contribution >= 0.6 is 12.2 Å². The first-order valence-corrected chi connectivity index (χ1v) is 11.2. The van der Waals surface area contributed by atoms with Crippen LogP contribution in [0.1, 0.15) is 60.1 Å². The van der Waals surface area contributed by atoms with Crippen molar-refractivity contribution in [3.63, 3.8) is 0 Å². The van der Waals surface area contributed by atoms with Crippen molar-refractivity contribution in [2.24, 2.45) is 0 Å². The third kappa shape index (κ3) is 3.74. The van der Waals surface area contributed by atoms with Gasteiger partial charge in [0.05, 0.1) is 17.8 Å². The molecule has 1 fully saturated rings. The van der Waals surface area contributed by atoms with E-state index in [0.717, 1.165) is 30.2 Å². The number of benzene rings is 1. The predicted molar refractivity (Wildman–Crippen MR) is 127 cm³/mol. The quantitative estimate of drug-likeness (QED) is 0.531. The van der Waals surface area contributed by atoms with Crippen LogP contribution in [0.5, 0.6) is 0 Å². The van der Waals surface area contributed by atoms with E-state index in [4.69, 9.17) is 12.2 Å². The van der Waals surface area contributed by atoms with Gasteiger partial charge in [-0.15, -0.1) is 0 Å². The summed E-state index contributed by atoms with van der Waals surface area (Å²) in [6.07, 6.45) is 4.12. The fourth-order valence-electron chi connectivity index (χ4n) is 4.49. The molecule has 2 atom stereocenters. The van der Waals surface area contributed by atoms with Gasteiger partial charge in [0.2, 0.25) is 0 Å². The maximum Gasteiger partial charge on any atom is 0.170 e. The zero-order valence-electron chi connectivity index (χ0n) is 18.2. The van der Waals surface area contributed by atoms with E-state index in [0.29, 0.717) is 0 Å². The molecule has 0 aliphatic carbocycles. The highest BCUT2D eigenvalue weighted by Crippen LogP contribution is 2.41. The Morgan fingerprint density at radius 3 is 2.50 bits per heavy atom. The molecular weight excluding hydrogens is 388 g/mol. The Balaban J connectivity index is 1.81. The molecule has 1 aliphatic heterocycles. The van der Waals surface area contributed by atoms with Crippen molar-refractivity contribution in [3.8, 4) is 5.69 Å². The van der Waals surface area contributed by atoms with Gasteiger partial charge in [0, 0.05) is 29.8 Å². The summed E-state index contributed by atoms with van der Waals surface area (Å²) in [7, 11) is 0. The van der Waals surface area contributed by atoms with Crippen LogP contribution in [0.2, 0.25) is 0 Å². The molecular formula is C25H30N4S. The van der Waals surface area contributed by atoms with E-state index in [1.807, 2.05) is 12.3 Å². The summed E-state index contributed by atoms with van der Waals surface area (Å²) in [6.45, 7) is 9.70. The van der Waals surface area contributed by atoms with Gasteiger partial charge in [-0.1, -0.05) is 37.1 Å². The van der Waals surface area contributed by atoms with Crippen LogP contribution in [0.4, 0.5) is 0 Å². The summed E-state index contributed by atoms with van der Waals surface area (Å²) < 4.78 is 2.35. The van der Waals surface area contributed by atoms with Gasteiger partial charge in [-0.25, -0.2) is 0 Å². The highest BCUT2D eigenvalue weighted by molar-refractivity contribution is 7.80. The Kier molecular flexibility index (Phi) is 5.91. The normalized spacial score (nSPS) is 18.7. The number of pyridine rings is 1. The monoisotopic (exact) mass is 418 g/mol. The average molecular weight is 419 g/mol. The predicted octanol–water partition coefficient (Wildman–Crippen LogP) is 5.57. The molecule has 3 heterocycles. The zero-order valence-corrected chi connectivity index (χ0v) is 19.0. The Morgan fingerprint density at radius 1 is 1.07 bits per heavy atom. The molecule has 4 rings (SSSR count). The molecule has 0 saturated carbocycles. The van der Waals surface area contributed by atoms with Crippen molar-refractivity contribution < 1.29 is 0 Å². The lowest BCUT2D eigenvalue weighted by atomic mass is 9.96. The molecule has 0 bridgehead atoms. The number of aromatic nitrogens is 2. The van der Waals surface area contributed by atoms with Gasteiger partial charge in [-0.3, -0.25) is 4.98 Å². The van der Waals surface area contributed by atoms with E-state index in [2.05, 4.69) is 89.9 Å². The molecule has 0 amide bonds. The third-order valence-corrected chi connectivity index (χ3v) is 6.38. The second-order valence-electron chi connectivity index (χ2n) is 8.17. The molecule has 2 aromatic heterocycles. The number of rotatable bonds is 6. The summed E-state index contributed by atoms with van der Waals surface area (Å²) in [4.78, 5) is 7.02. The average Bonchev–Trinajstić information content (AvgIpc) is 3.23. The van der Waals surface area contributed by atoms with Gasteiger partial charge < -0.3 is 14.8 Å². The van der Waals surface area contributed by atoms with Gasteiger partial charge in [-0.2, -0.15) is 0 Å². The van der Waals surface area contributed by atoms with Crippen molar-refractivity contribution in [2.75, 3.05) is 6.54 Å². The first-order chi connectivity index (χ1) is 14.5. The lowest BCUT2D eigenvalue weighted by Crippen LogP contribution is -2.30. The summed E-state index contributed by atoms with van der Waals surface area (Å²) >= 11 is 5.78. The van der Waals surface area contributed by atoms with Crippen LogP contribution < -0.4 is 5.32 Å². The molecule has 1 N–H and O–H groups in total. The largest absolute Gasteiger partial charge is 0.352 e. The molecule has 1 aliphatic rings. The van der Waals surface area contributed by atoms with E-state index in [-0.39, 0.29) is 12.1 Å². The number of unbranched alkanes of at least 4 members (excludes halogenated alkanes) is 1. The van der Waals surface area contributed by atoms with Gasteiger partial charge in [0.1, 0.15) is 0 Å². The molecule has 4 nitrogen and oxygen atoms in total. The minimum absolute atomic E-state index is 0.0440. The molecule has 1 aromatic carbocycles. The van der Waals surface area contributed by atoms with Gasteiger partial charge in [0.25, 0.3) is 0 Å². The number of hydrogen-bond acceptors (Lipinski definition) is 2. The van der Waals surface area contributed by atoms with Crippen LogP contribution in [0, 0.1) is 20.8 Å². The van der Waals surface area contributed by atoms with E-state index < -0.39 is 0 Å². The lowest BCUT2D eigenvalue weighted by Gasteiger charge is -2.28. The van der Waals surface area contributed by atoms with Gasteiger partial charge in [0.15, 0.2) is 5.11 Å². The lowest BCUT2D eigenvalue weighted by molar-refractivity contribution is 0.312. The number of nitrogens with zero attached hydrogens (tertiary/aromatic N) is 3. The summed E-state index contributed by atoms with van der Waals surface area (Å²) in [5.41, 5.74) is 7.31. The zero-order chi connectivity index (χ0) is 21.3. The van der Waals surface area contributed by atoms with E-state index in [1.54, 1.807) is 0 Å². The van der Waals surface area contributed by atoms with Gasteiger partial charge in [-0.05, 0) is 75.3 Å². The smallest absolute Gasteiger partial charge is 0.170 e. The fourth-order valence-corrected chi connectivity index (χ4v) is 4.82. The van der Waals surface area contributed by atoms with E-state index >= 15 is 0 Å². The van der Waals surface area contributed by atoms with Crippen LogP contribution in [0.25, 0.3) is 5.69 Å². The van der Waals surface area contributed by atoms with Gasteiger partial charge >= 0.3 is 0 Å². The SMILES string of the molecule is CCCCN1C(=S)N[C@@H](c2ccccn2)[C@H]1c1cc(C)n(-c2ccc(C)cc2)c1C. The Morgan fingerprint density at radius 2 is 1.83 bits per heavy atom. The molecule has 5 heteroatoms.